The predicted octanol–water partition coefficient (Wildman–Crippen LogP) is 28.9. The fourth-order valence-corrected chi connectivity index (χ4v) is 13.2. The zero-order chi connectivity index (χ0) is 90.6. The molecule has 134 heavy (non-hydrogen) atoms. The Morgan fingerprint density at radius 3 is 0.709 bits per heavy atom. The topological polar surface area (TPSA) is 140 Å². The maximum absolute atomic E-state index is 10.0. The summed E-state index contributed by atoms with van der Waals surface area (Å²) in [6, 6.07) is 146. The second-order valence-electron chi connectivity index (χ2n) is 29.8. The number of hydrogen-bond donors (Lipinski definition) is 1. The second kappa shape index (κ2) is 60.3. The van der Waals surface area contributed by atoms with E-state index in [1.54, 1.807) is 31.0 Å². The first-order valence-electron chi connectivity index (χ1n) is 42.3. The van der Waals surface area contributed by atoms with E-state index in [0.29, 0.717) is 0 Å². The average molecular weight is 2640 g/mol. The van der Waals surface area contributed by atoms with E-state index in [4.69, 9.17) is 5.11 Å². The van der Waals surface area contributed by atoms with Crippen LogP contribution in [0.2, 0.25) is 0 Å². The van der Waals surface area contributed by atoms with Gasteiger partial charge in [-0.15, -0.1) is 285 Å². The van der Waals surface area contributed by atoms with Gasteiger partial charge < -0.3 is 45.0 Å². The van der Waals surface area contributed by atoms with Crippen LogP contribution in [0.1, 0.15) is 58.4 Å². The number of allylic oxidation sites excluding steroid dienone is 2. The van der Waals surface area contributed by atoms with Gasteiger partial charge in [0.05, 0.1) is 5.76 Å². The van der Waals surface area contributed by atoms with Crippen molar-refractivity contribution < 1.29 is 110 Å². The number of aliphatic hydroxyl groups excluding tert-OH is 1. The van der Waals surface area contributed by atoms with Gasteiger partial charge in [0.1, 0.15) is 0 Å². The average Bonchev–Trinajstić information content (AvgIpc) is 0.821. The molecule has 0 atom stereocenters. The van der Waals surface area contributed by atoms with Crippen molar-refractivity contribution in [3.8, 4) is 123 Å². The standard InChI is InChI=1S/3C18H14N.5C12H10N.C5H8O2.5Ir/c3*1-14-12-18(16-10-6-3-7-11-16)19-13-17(14)15-8-4-2-5-9-15;3*1-10-5-4-6-11(9-10)12-7-2-3-8-13-12;2*1-10-6-2-3-7-11(10)12-8-4-5-9-13-12;1-4(6)3-5(2)7;;;;;/h3*2-10,12-13H,1H3;3*2-5,7-9H,1H3;2*2-6,8-9H,1H3;3,6H,1-2H3;;;;;/q8*-1;;;;;;. The Balaban J connectivity index is 0.000000233. The first-order valence-corrected chi connectivity index (χ1v) is 42.3. The van der Waals surface area contributed by atoms with Gasteiger partial charge in [0, 0.05) is 173 Å². The van der Waals surface area contributed by atoms with Gasteiger partial charge in [0.15, 0.2) is 5.78 Å². The van der Waals surface area contributed by atoms with E-state index in [1.807, 2.05) is 298 Å². The number of nitrogens with zero attached hydrogens (tertiary/aromatic N) is 8. The normalized spacial score (nSPS) is 9.82. The fourth-order valence-electron chi connectivity index (χ4n) is 13.2. The molecule has 11 aromatic carbocycles. The molecule has 0 unspecified atom stereocenters. The number of carbonyl (C=O) groups is 1. The molecule has 15 heteroatoms. The molecule has 5 radical (unpaired) electrons. The van der Waals surface area contributed by atoms with Crippen LogP contribution in [0, 0.1) is 104 Å². The van der Waals surface area contributed by atoms with Gasteiger partial charge in [0.25, 0.3) is 0 Å². The van der Waals surface area contributed by atoms with Crippen molar-refractivity contribution in [3.63, 3.8) is 0 Å². The van der Waals surface area contributed by atoms with Gasteiger partial charge in [-0.3, -0.25) is 4.79 Å². The molecule has 1 N–H and O–H groups in total. The van der Waals surface area contributed by atoms with Crippen LogP contribution in [-0.4, -0.2) is 50.8 Å². The van der Waals surface area contributed by atoms with E-state index in [9.17, 15) is 4.79 Å². The van der Waals surface area contributed by atoms with Crippen molar-refractivity contribution >= 4 is 5.78 Å². The van der Waals surface area contributed by atoms with Crippen molar-refractivity contribution in [2.24, 2.45) is 0 Å². The fraction of sp³-hybridized carbons (Fsp3) is 0.0840. The van der Waals surface area contributed by atoms with Crippen molar-refractivity contribution in [3.05, 3.63) is 518 Å². The van der Waals surface area contributed by atoms with Crippen molar-refractivity contribution in [1.82, 2.24) is 39.9 Å². The quantitative estimate of drug-likeness (QED) is 0.0714. The number of aryl methyl sites for hydroxylation is 8. The summed E-state index contributed by atoms with van der Waals surface area (Å²) in [4.78, 5) is 45.0. The van der Waals surface area contributed by atoms with E-state index in [-0.39, 0.29) is 112 Å². The van der Waals surface area contributed by atoms with Gasteiger partial charge in [-0.1, -0.05) is 204 Å². The second-order valence-corrected chi connectivity index (χ2v) is 29.8. The molecule has 19 rings (SSSR count). The molecule has 0 aliphatic rings. The molecule has 0 saturated carbocycles. The minimum absolute atomic E-state index is 0. The number of aromatic nitrogens is 8. The van der Waals surface area contributed by atoms with Gasteiger partial charge in [-0.25, -0.2) is 0 Å². The van der Waals surface area contributed by atoms with Crippen LogP contribution in [0.4, 0.5) is 0 Å². The molecule has 0 bridgehead atoms. The molecule has 8 aromatic heterocycles. The Hall–Kier alpha value is -12.9. The molecule has 0 amide bonds. The summed E-state index contributed by atoms with van der Waals surface area (Å²) in [6.07, 6.45) is 16.0. The summed E-state index contributed by atoms with van der Waals surface area (Å²) in [7, 11) is 0. The van der Waals surface area contributed by atoms with Crippen molar-refractivity contribution in [2.45, 2.75) is 69.2 Å². The van der Waals surface area contributed by atoms with Crippen LogP contribution in [0.25, 0.3) is 123 Å². The predicted molar refractivity (Wildman–Crippen MR) is 529 cm³/mol. The number of benzene rings is 11. The molecule has 0 aliphatic carbocycles. The summed E-state index contributed by atoms with van der Waals surface area (Å²) in [5.41, 5.74) is 33.2. The van der Waals surface area contributed by atoms with Gasteiger partial charge in [0.2, 0.25) is 0 Å². The Morgan fingerprint density at radius 2 is 0.493 bits per heavy atom. The third kappa shape index (κ3) is 36.2. The van der Waals surface area contributed by atoms with Gasteiger partial charge >= 0.3 is 0 Å². The molecule has 0 saturated heterocycles. The summed E-state index contributed by atoms with van der Waals surface area (Å²) < 4.78 is 0. The summed E-state index contributed by atoms with van der Waals surface area (Å²) in [6.45, 7) is 19.6. The number of aliphatic hydroxyl groups is 1. The summed E-state index contributed by atoms with van der Waals surface area (Å²) in [5, 5.41) is 8.36. The minimum Gasteiger partial charge on any atom is -0.512 e. The molecule has 8 heterocycles. The molecular weight excluding hydrogens is 2530 g/mol. The van der Waals surface area contributed by atoms with Crippen LogP contribution in [-0.2, 0) is 105 Å². The number of carbonyl (C=O) groups excluding carboxylic acids is 1. The van der Waals surface area contributed by atoms with E-state index in [1.165, 1.54) is 97.8 Å². The van der Waals surface area contributed by atoms with E-state index in [0.717, 1.165) is 90.1 Å². The van der Waals surface area contributed by atoms with Crippen LogP contribution < -0.4 is 0 Å². The molecule has 0 spiro atoms. The molecule has 681 valence electrons. The Bertz CT molecular complexity index is 6040. The molecule has 0 fully saturated rings. The van der Waals surface area contributed by atoms with Crippen molar-refractivity contribution in [1.29, 1.82) is 0 Å². The van der Waals surface area contributed by atoms with Crippen molar-refractivity contribution in [2.75, 3.05) is 0 Å². The van der Waals surface area contributed by atoms with Gasteiger partial charge in [-0.05, 0) is 144 Å². The molecule has 0 aliphatic heterocycles. The first kappa shape index (κ1) is 110. The van der Waals surface area contributed by atoms with E-state index >= 15 is 0 Å². The van der Waals surface area contributed by atoms with Crippen LogP contribution in [0.5, 0.6) is 0 Å². The third-order valence-corrected chi connectivity index (χ3v) is 19.6. The zero-order valence-corrected chi connectivity index (χ0v) is 87.9. The smallest absolute Gasteiger partial charge is 0.155 e. The minimum atomic E-state index is -0.125. The first-order chi connectivity index (χ1) is 63.0. The monoisotopic (exact) mass is 2640 g/mol. The SMILES string of the molecule is CC(=O)C=C(C)O.Cc1cc(-c2[c-]cccc2)ncc1-c1ccccc1.Cc1cc(-c2[c-]cccc2)ncc1-c1ccccc1.Cc1cc(-c2[c-]cccc2)ncc1-c1ccccc1.Cc1cc[c-]c(-c2ccccn2)c1.Cc1cc[c-]c(-c2ccccn2)c1.Cc1cc[c-]c(-c2ccccn2)c1.Cc1ccc[c-]c1-c1ccccn1.Cc1ccc[c-]c1-c1ccccn1.[Ir].[Ir].[Ir].[Ir].[Ir]. The van der Waals surface area contributed by atoms with Gasteiger partial charge in [-0.2, -0.15) is 0 Å². The molecular formula is C119H100Ir5N8O2-8. The molecule has 19 aromatic rings. The van der Waals surface area contributed by atoms with E-state index < -0.39 is 0 Å². The third-order valence-electron chi connectivity index (χ3n) is 19.6. The Kier molecular flexibility index (Phi) is 49.4. The van der Waals surface area contributed by atoms with Crippen LogP contribution in [0.3, 0.4) is 0 Å². The number of ketones is 1. The number of rotatable bonds is 12. The number of pyridine rings is 8. The summed E-state index contributed by atoms with van der Waals surface area (Å²) in [5.74, 6) is -0.0625. The summed E-state index contributed by atoms with van der Waals surface area (Å²) >= 11 is 0. The maximum atomic E-state index is 10.0. The zero-order valence-electron chi connectivity index (χ0n) is 75.9. The maximum Gasteiger partial charge on any atom is 0.155 e. The largest absolute Gasteiger partial charge is 0.512 e. The number of hydrogen-bond acceptors (Lipinski definition) is 10. The van der Waals surface area contributed by atoms with E-state index in [2.05, 4.69) is 229 Å². The molecule has 10 nitrogen and oxygen atoms in total. The van der Waals surface area contributed by atoms with Crippen LogP contribution in [0.15, 0.2) is 425 Å². The van der Waals surface area contributed by atoms with Crippen LogP contribution >= 0.6 is 0 Å². The Labute approximate surface area is 859 Å². The Morgan fingerprint density at radius 1 is 0.239 bits per heavy atom.